The van der Waals surface area contributed by atoms with E-state index < -0.39 is 51.2 Å². The standard InChI is InChI=1S/C23H35ClN5O10P/c1-13-17(30)15(8-35-12-40(32,33)38-11-37-22(31)36-9-23(2,3)4)39-20(13)29-10-25-16-18(26-14-5-6-34-7-14)27-21(24)28-19(16)29/h10,13-15,17,20,30H,5-9,11-12H2,1-4H3,(H,32,33)(H,26,27,28)/t13-,14+,15-,17+,20-/m1/s1. The first-order valence-electron chi connectivity index (χ1n) is 12.7. The quantitative estimate of drug-likeness (QED) is 0.146. The Balaban J connectivity index is 1.30. The van der Waals surface area contributed by atoms with Crippen LogP contribution < -0.4 is 5.32 Å². The number of ether oxygens (including phenoxy) is 5. The molecule has 2 aliphatic rings. The normalized spacial score (nSPS) is 26.6. The molecule has 17 heteroatoms. The molecule has 0 bridgehead atoms. The van der Waals surface area contributed by atoms with Crippen LogP contribution in [0.1, 0.15) is 40.3 Å². The van der Waals surface area contributed by atoms with E-state index in [9.17, 15) is 19.4 Å². The Morgan fingerprint density at radius 2 is 2.10 bits per heavy atom. The number of aliphatic hydroxyl groups is 1. The molecule has 0 aliphatic carbocycles. The monoisotopic (exact) mass is 607 g/mol. The van der Waals surface area contributed by atoms with Gasteiger partial charge in [0.25, 0.3) is 0 Å². The van der Waals surface area contributed by atoms with E-state index in [4.69, 9.17) is 35.1 Å². The van der Waals surface area contributed by atoms with Gasteiger partial charge in [0.2, 0.25) is 12.1 Å². The van der Waals surface area contributed by atoms with Gasteiger partial charge in [-0.25, -0.2) is 9.78 Å². The average Bonchev–Trinajstić information content (AvgIpc) is 3.59. The lowest BCUT2D eigenvalue weighted by atomic mass is 9.99. The Labute approximate surface area is 235 Å². The maximum Gasteiger partial charge on any atom is 0.510 e. The molecular weight excluding hydrogens is 573 g/mol. The molecule has 0 radical (unpaired) electrons. The lowest BCUT2D eigenvalue weighted by Gasteiger charge is -2.18. The summed E-state index contributed by atoms with van der Waals surface area (Å²) in [6, 6.07) is 0.0738. The van der Waals surface area contributed by atoms with Crippen molar-refractivity contribution < 1.29 is 47.6 Å². The summed E-state index contributed by atoms with van der Waals surface area (Å²) in [5.74, 6) is 0.0598. The van der Waals surface area contributed by atoms with Gasteiger partial charge in [-0.1, -0.05) is 27.7 Å². The summed E-state index contributed by atoms with van der Waals surface area (Å²) < 4.78 is 45.0. The molecule has 4 rings (SSSR count). The van der Waals surface area contributed by atoms with E-state index in [1.165, 1.54) is 6.33 Å². The van der Waals surface area contributed by atoms with E-state index in [0.717, 1.165) is 6.42 Å². The van der Waals surface area contributed by atoms with Crippen LogP contribution in [0.4, 0.5) is 10.6 Å². The lowest BCUT2D eigenvalue weighted by molar-refractivity contribution is -0.0590. The summed E-state index contributed by atoms with van der Waals surface area (Å²) in [6.45, 7) is 7.70. The fraction of sp³-hybridized carbons (Fsp3) is 0.739. The Kier molecular flexibility index (Phi) is 9.89. The molecule has 2 saturated heterocycles. The second kappa shape index (κ2) is 12.8. The number of anilines is 1. The van der Waals surface area contributed by atoms with Gasteiger partial charge < -0.3 is 39.0 Å². The van der Waals surface area contributed by atoms with E-state index in [0.29, 0.717) is 30.2 Å². The van der Waals surface area contributed by atoms with Crippen LogP contribution in [0, 0.1) is 11.3 Å². The highest BCUT2D eigenvalue weighted by Gasteiger charge is 2.43. The van der Waals surface area contributed by atoms with E-state index in [1.54, 1.807) is 11.5 Å². The lowest BCUT2D eigenvalue weighted by Crippen LogP contribution is -2.29. The number of carbonyl (C=O) groups excluding carboxylic acids is 1. The molecule has 2 aromatic rings. The second-order valence-corrected chi connectivity index (χ2v) is 13.0. The molecule has 0 spiro atoms. The van der Waals surface area contributed by atoms with Gasteiger partial charge in [-0.15, -0.1) is 0 Å². The van der Waals surface area contributed by atoms with Crippen molar-refractivity contribution in [2.45, 2.75) is 58.6 Å². The number of aliphatic hydroxyl groups excluding tert-OH is 1. The SMILES string of the molecule is C[C@@H]1[C@H](O)[C@@H](COCP(=O)(O)OCOC(=O)OCC(C)(C)C)O[C@H]1n1cnc2c(N[C@H]3CCOC3)nc(Cl)nc21. The first-order valence-corrected chi connectivity index (χ1v) is 14.9. The Morgan fingerprint density at radius 3 is 2.80 bits per heavy atom. The third-order valence-electron chi connectivity index (χ3n) is 6.21. The molecule has 0 saturated carbocycles. The first-order chi connectivity index (χ1) is 18.8. The van der Waals surface area contributed by atoms with Crippen LogP contribution in [0.15, 0.2) is 6.33 Å². The Hall–Kier alpha value is -2.10. The zero-order chi connectivity index (χ0) is 29.1. The van der Waals surface area contributed by atoms with Crippen molar-refractivity contribution in [3.05, 3.63) is 11.6 Å². The molecule has 2 aliphatic heterocycles. The smallest absolute Gasteiger partial charge is 0.434 e. The fourth-order valence-electron chi connectivity index (χ4n) is 4.16. The summed E-state index contributed by atoms with van der Waals surface area (Å²) in [5.41, 5.74) is 0.644. The predicted molar refractivity (Wildman–Crippen MR) is 141 cm³/mol. The molecule has 6 atom stereocenters. The van der Waals surface area contributed by atoms with Gasteiger partial charge >= 0.3 is 13.8 Å². The van der Waals surface area contributed by atoms with Gasteiger partial charge in [0.1, 0.15) is 18.7 Å². The molecule has 224 valence electrons. The third-order valence-corrected chi connectivity index (χ3v) is 7.40. The highest BCUT2D eigenvalue weighted by molar-refractivity contribution is 7.52. The summed E-state index contributed by atoms with van der Waals surface area (Å²) in [5, 5.41) is 14.1. The van der Waals surface area contributed by atoms with Gasteiger partial charge in [-0.05, 0) is 23.4 Å². The van der Waals surface area contributed by atoms with E-state index in [1.807, 2.05) is 20.8 Å². The minimum atomic E-state index is -4.27. The number of nitrogens with zero attached hydrogens (tertiary/aromatic N) is 4. The van der Waals surface area contributed by atoms with Gasteiger partial charge in [0, 0.05) is 12.5 Å². The molecule has 0 aromatic carbocycles. The number of hydrogen-bond acceptors (Lipinski definition) is 13. The zero-order valence-corrected chi connectivity index (χ0v) is 24.3. The van der Waals surface area contributed by atoms with Gasteiger partial charge in [-0.3, -0.25) is 13.7 Å². The van der Waals surface area contributed by atoms with Crippen molar-refractivity contribution >= 4 is 42.3 Å². The van der Waals surface area contributed by atoms with Crippen molar-refractivity contribution in [2.24, 2.45) is 11.3 Å². The second-order valence-electron chi connectivity index (χ2n) is 10.9. The van der Waals surface area contributed by atoms with Crippen LogP contribution in [0.5, 0.6) is 0 Å². The average molecular weight is 608 g/mol. The number of imidazole rings is 1. The summed E-state index contributed by atoms with van der Waals surface area (Å²) in [6.07, 6.45) is -1.84. The molecular formula is C23H35ClN5O10P. The topological polar surface area (TPSA) is 186 Å². The largest absolute Gasteiger partial charge is 0.510 e. The van der Waals surface area contributed by atoms with Crippen LogP contribution in [-0.4, -0.2) is 93.5 Å². The summed E-state index contributed by atoms with van der Waals surface area (Å²) in [7, 11) is -4.27. The van der Waals surface area contributed by atoms with Crippen LogP contribution in [0.2, 0.25) is 5.28 Å². The zero-order valence-electron chi connectivity index (χ0n) is 22.7. The molecule has 15 nitrogen and oxygen atoms in total. The number of carbonyl (C=O) groups is 1. The summed E-state index contributed by atoms with van der Waals surface area (Å²) in [4.78, 5) is 34.6. The van der Waals surface area contributed by atoms with Gasteiger partial charge in [-0.2, -0.15) is 9.97 Å². The predicted octanol–water partition coefficient (Wildman–Crippen LogP) is 2.91. The molecule has 3 N–H and O–H groups in total. The number of aromatic nitrogens is 4. The van der Waals surface area contributed by atoms with Crippen molar-refractivity contribution in [3.8, 4) is 0 Å². The van der Waals surface area contributed by atoms with Crippen LogP contribution in [-0.2, 0) is 32.8 Å². The Bertz CT molecular complexity index is 1220. The minimum absolute atomic E-state index is 0.0203. The maximum absolute atomic E-state index is 12.2. The molecule has 2 aromatic heterocycles. The highest BCUT2D eigenvalue weighted by Crippen LogP contribution is 2.42. The number of halogens is 1. The third kappa shape index (κ3) is 8.01. The molecule has 0 amide bonds. The minimum Gasteiger partial charge on any atom is -0.434 e. The van der Waals surface area contributed by atoms with Crippen molar-refractivity contribution in [1.29, 1.82) is 0 Å². The number of hydrogen-bond donors (Lipinski definition) is 3. The first kappa shape index (κ1) is 30.8. The highest BCUT2D eigenvalue weighted by atomic mass is 35.5. The number of rotatable bonds is 11. The van der Waals surface area contributed by atoms with E-state index in [2.05, 4.69) is 25.0 Å². The maximum atomic E-state index is 12.2. The molecule has 1 unspecified atom stereocenters. The number of fused-ring (bicyclic) bond motifs is 1. The molecule has 40 heavy (non-hydrogen) atoms. The van der Waals surface area contributed by atoms with Crippen molar-refractivity contribution in [2.75, 3.05) is 44.9 Å². The Morgan fingerprint density at radius 1 is 1.32 bits per heavy atom. The van der Waals surface area contributed by atoms with E-state index >= 15 is 0 Å². The van der Waals surface area contributed by atoms with Crippen molar-refractivity contribution in [3.63, 3.8) is 0 Å². The summed E-state index contributed by atoms with van der Waals surface area (Å²) >= 11 is 6.20. The van der Waals surface area contributed by atoms with Crippen molar-refractivity contribution in [1.82, 2.24) is 19.5 Å². The van der Waals surface area contributed by atoms with Gasteiger partial charge in [0.05, 0.1) is 38.3 Å². The van der Waals surface area contributed by atoms with Crippen LogP contribution in [0.3, 0.4) is 0 Å². The van der Waals surface area contributed by atoms with Crippen LogP contribution in [0.25, 0.3) is 11.2 Å². The number of nitrogens with one attached hydrogen (secondary N) is 1. The molecule has 4 heterocycles. The molecule has 2 fully saturated rings. The van der Waals surface area contributed by atoms with E-state index in [-0.39, 0.29) is 30.0 Å². The van der Waals surface area contributed by atoms with Crippen LogP contribution >= 0.6 is 19.2 Å². The fourth-order valence-corrected chi connectivity index (χ4v) is 4.95. The van der Waals surface area contributed by atoms with Gasteiger partial charge in [0.15, 0.2) is 17.0 Å².